The number of carbonyl (C=O) groups excluding carboxylic acids is 1. The predicted molar refractivity (Wildman–Crippen MR) is 65.2 cm³/mol. The first kappa shape index (κ1) is 13.6. The second kappa shape index (κ2) is 5.77. The van der Waals surface area contributed by atoms with E-state index < -0.39 is 5.97 Å². The highest BCUT2D eigenvalue weighted by Gasteiger charge is 2.21. The number of aliphatic carboxylic acids is 1. The van der Waals surface area contributed by atoms with Crippen LogP contribution in [0.25, 0.3) is 0 Å². The number of aryl methyl sites for hydroxylation is 1. The molecule has 0 aliphatic carbocycles. The quantitative estimate of drug-likeness (QED) is 0.869. The van der Waals surface area contributed by atoms with E-state index in [1.807, 2.05) is 20.8 Å². The van der Waals surface area contributed by atoms with Gasteiger partial charge in [0.05, 0.1) is 11.2 Å². The van der Waals surface area contributed by atoms with Gasteiger partial charge in [-0.2, -0.15) is 0 Å². The van der Waals surface area contributed by atoms with Gasteiger partial charge in [0.2, 0.25) is 0 Å². The molecule has 6 heteroatoms. The molecule has 0 saturated carbocycles. The van der Waals surface area contributed by atoms with Crippen molar-refractivity contribution >= 4 is 23.2 Å². The van der Waals surface area contributed by atoms with Crippen molar-refractivity contribution in [1.29, 1.82) is 0 Å². The van der Waals surface area contributed by atoms with Crippen LogP contribution in [0.4, 0.5) is 0 Å². The standard InChI is InChI=1S/C11H16N2O3S/c1-7(2)5-13(6-10(14)15)11(16)9-4-12-8(3)17-9/h4,7H,5-6H2,1-3H3,(H,14,15). The highest BCUT2D eigenvalue weighted by Crippen LogP contribution is 2.15. The van der Waals surface area contributed by atoms with Gasteiger partial charge in [-0.25, -0.2) is 4.98 Å². The maximum absolute atomic E-state index is 12.1. The van der Waals surface area contributed by atoms with Gasteiger partial charge >= 0.3 is 5.97 Å². The molecule has 1 N–H and O–H groups in total. The van der Waals surface area contributed by atoms with Gasteiger partial charge in [0.15, 0.2) is 0 Å². The van der Waals surface area contributed by atoms with E-state index in [4.69, 9.17) is 5.11 Å². The summed E-state index contributed by atoms with van der Waals surface area (Å²) in [7, 11) is 0. The molecule has 0 fully saturated rings. The van der Waals surface area contributed by atoms with E-state index >= 15 is 0 Å². The summed E-state index contributed by atoms with van der Waals surface area (Å²) in [5.74, 6) is -1.03. The van der Waals surface area contributed by atoms with Crippen LogP contribution in [0.1, 0.15) is 28.5 Å². The van der Waals surface area contributed by atoms with Crippen LogP contribution in [0.5, 0.6) is 0 Å². The Morgan fingerprint density at radius 1 is 1.53 bits per heavy atom. The van der Waals surface area contributed by atoms with E-state index in [0.29, 0.717) is 11.4 Å². The van der Waals surface area contributed by atoms with Crippen LogP contribution in [0.15, 0.2) is 6.20 Å². The van der Waals surface area contributed by atoms with Crippen LogP contribution >= 0.6 is 11.3 Å². The number of carboxylic acid groups (broad SMARTS) is 1. The summed E-state index contributed by atoms with van der Waals surface area (Å²) in [5.41, 5.74) is 0. The van der Waals surface area contributed by atoms with Crippen LogP contribution in [0.3, 0.4) is 0 Å². The molecule has 0 aliphatic rings. The average Bonchev–Trinajstić information content (AvgIpc) is 2.61. The molecule has 1 rings (SSSR count). The fourth-order valence-corrected chi connectivity index (χ4v) is 2.18. The van der Waals surface area contributed by atoms with Gasteiger partial charge in [-0.3, -0.25) is 9.59 Å². The number of hydrogen-bond acceptors (Lipinski definition) is 4. The summed E-state index contributed by atoms with van der Waals surface area (Å²) in [4.78, 5) is 28.6. The van der Waals surface area contributed by atoms with Crippen molar-refractivity contribution in [2.24, 2.45) is 5.92 Å². The topological polar surface area (TPSA) is 70.5 Å². The largest absolute Gasteiger partial charge is 0.480 e. The van der Waals surface area contributed by atoms with Crippen molar-refractivity contribution in [2.75, 3.05) is 13.1 Å². The lowest BCUT2D eigenvalue weighted by molar-refractivity contribution is -0.137. The summed E-state index contributed by atoms with van der Waals surface area (Å²) >= 11 is 1.28. The molecule has 0 radical (unpaired) electrons. The maximum Gasteiger partial charge on any atom is 0.323 e. The lowest BCUT2D eigenvalue weighted by Crippen LogP contribution is -2.37. The first-order valence-corrected chi connectivity index (χ1v) is 6.15. The Hall–Kier alpha value is -1.43. The highest BCUT2D eigenvalue weighted by molar-refractivity contribution is 7.13. The average molecular weight is 256 g/mol. The summed E-state index contributed by atoms with van der Waals surface area (Å²) in [6.07, 6.45) is 1.50. The fraction of sp³-hybridized carbons (Fsp3) is 0.545. The zero-order valence-corrected chi connectivity index (χ0v) is 11.0. The Balaban J connectivity index is 2.82. The van der Waals surface area contributed by atoms with Crippen molar-refractivity contribution in [3.8, 4) is 0 Å². The molecule has 1 aromatic rings. The van der Waals surface area contributed by atoms with Gasteiger partial charge < -0.3 is 10.0 Å². The van der Waals surface area contributed by atoms with Crippen molar-refractivity contribution < 1.29 is 14.7 Å². The molecule has 5 nitrogen and oxygen atoms in total. The van der Waals surface area contributed by atoms with E-state index in [1.165, 1.54) is 22.4 Å². The Morgan fingerprint density at radius 3 is 2.59 bits per heavy atom. The molecule has 1 amide bonds. The van der Waals surface area contributed by atoms with Gasteiger partial charge in [-0.1, -0.05) is 13.8 Å². The number of carboxylic acids is 1. The van der Waals surface area contributed by atoms with Crippen molar-refractivity contribution in [1.82, 2.24) is 9.88 Å². The molecule has 0 unspecified atom stereocenters. The summed E-state index contributed by atoms with van der Waals surface area (Å²) in [5, 5.41) is 9.59. The Labute approximate surface area is 104 Å². The van der Waals surface area contributed by atoms with Crippen molar-refractivity contribution in [3.05, 3.63) is 16.1 Å². The van der Waals surface area contributed by atoms with E-state index in [1.54, 1.807) is 0 Å². The summed E-state index contributed by atoms with van der Waals surface area (Å²) < 4.78 is 0. The third-order valence-electron chi connectivity index (χ3n) is 2.03. The number of carbonyl (C=O) groups is 2. The predicted octanol–water partition coefficient (Wildman–Crippen LogP) is 1.63. The third kappa shape index (κ3) is 4.14. The fourth-order valence-electron chi connectivity index (χ4n) is 1.44. The van der Waals surface area contributed by atoms with Crippen molar-refractivity contribution in [2.45, 2.75) is 20.8 Å². The number of thiazole rings is 1. The first-order valence-electron chi connectivity index (χ1n) is 5.33. The molecule has 0 bridgehead atoms. The monoisotopic (exact) mass is 256 g/mol. The van der Waals surface area contributed by atoms with E-state index in [9.17, 15) is 9.59 Å². The number of aromatic nitrogens is 1. The van der Waals surface area contributed by atoms with E-state index in [0.717, 1.165) is 5.01 Å². The molecular weight excluding hydrogens is 240 g/mol. The molecule has 0 spiro atoms. The zero-order valence-electron chi connectivity index (χ0n) is 10.1. The Morgan fingerprint density at radius 2 is 2.18 bits per heavy atom. The lowest BCUT2D eigenvalue weighted by atomic mass is 10.2. The number of amides is 1. The van der Waals surface area contributed by atoms with Gasteiger partial charge in [0.25, 0.3) is 5.91 Å². The molecule has 0 saturated heterocycles. The lowest BCUT2D eigenvalue weighted by Gasteiger charge is -2.21. The second-order valence-corrected chi connectivity index (χ2v) is 5.45. The second-order valence-electron chi connectivity index (χ2n) is 4.22. The third-order valence-corrected chi connectivity index (χ3v) is 2.93. The van der Waals surface area contributed by atoms with Crippen molar-refractivity contribution in [3.63, 3.8) is 0 Å². The van der Waals surface area contributed by atoms with Crippen LogP contribution in [-0.4, -0.2) is 40.0 Å². The molecule has 94 valence electrons. The zero-order chi connectivity index (χ0) is 13.0. The molecule has 1 heterocycles. The molecule has 0 aliphatic heterocycles. The smallest absolute Gasteiger partial charge is 0.323 e. The number of hydrogen-bond donors (Lipinski definition) is 1. The van der Waals surface area contributed by atoms with Crippen LogP contribution < -0.4 is 0 Å². The molecule has 1 aromatic heterocycles. The number of rotatable bonds is 5. The normalized spacial score (nSPS) is 10.6. The molecule has 17 heavy (non-hydrogen) atoms. The van der Waals surface area contributed by atoms with Gasteiger partial charge in [0, 0.05) is 6.54 Å². The van der Waals surface area contributed by atoms with Crippen LogP contribution in [0, 0.1) is 12.8 Å². The van der Waals surface area contributed by atoms with Crippen LogP contribution in [0.2, 0.25) is 0 Å². The highest BCUT2D eigenvalue weighted by atomic mass is 32.1. The maximum atomic E-state index is 12.1. The minimum Gasteiger partial charge on any atom is -0.480 e. The molecule has 0 aromatic carbocycles. The van der Waals surface area contributed by atoms with E-state index in [-0.39, 0.29) is 18.4 Å². The SMILES string of the molecule is Cc1ncc(C(=O)N(CC(=O)O)CC(C)C)s1. The summed E-state index contributed by atoms with van der Waals surface area (Å²) in [6.45, 7) is 5.86. The van der Waals surface area contributed by atoms with Gasteiger partial charge in [-0.05, 0) is 12.8 Å². The molecular formula is C11H16N2O3S. The Kier molecular flexibility index (Phi) is 4.62. The van der Waals surface area contributed by atoms with Crippen LogP contribution in [-0.2, 0) is 4.79 Å². The minimum atomic E-state index is -1.000. The minimum absolute atomic E-state index is 0.229. The summed E-state index contributed by atoms with van der Waals surface area (Å²) in [6, 6.07) is 0. The van der Waals surface area contributed by atoms with Gasteiger partial charge in [-0.15, -0.1) is 11.3 Å². The number of nitrogens with zero attached hydrogens (tertiary/aromatic N) is 2. The van der Waals surface area contributed by atoms with Gasteiger partial charge in [0.1, 0.15) is 11.4 Å². The van der Waals surface area contributed by atoms with E-state index in [2.05, 4.69) is 4.98 Å². The molecule has 0 atom stereocenters. The first-order chi connectivity index (χ1) is 7.90. The Bertz CT molecular complexity index is 415.